The minimum absolute atomic E-state index is 0.0590. The van der Waals surface area contributed by atoms with Crippen LogP contribution in [0.3, 0.4) is 0 Å². The van der Waals surface area contributed by atoms with Gasteiger partial charge in [-0.05, 0) is 24.3 Å². The minimum Gasteiger partial charge on any atom is -0.480 e. The molecular weight excluding hydrogens is 276 g/mol. The van der Waals surface area contributed by atoms with Gasteiger partial charge in [0, 0.05) is 0 Å². The number of rotatable bonds is 2. The van der Waals surface area contributed by atoms with E-state index < -0.39 is 23.6 Å². The summed E-state index contributed by atoms with van der Waals surface area (Å²) < 4.78 is 0. The number of fused-ring (bicyclic) bond motifs is 1. The number of aromatic carboxylic acids is 1. The van der Waals surface area contributed by atoms with E-state index in [9.17, 15) is 19.5 Å². The first-order chi connectivity index (χ1) is 9.99. The standard InChI is InChI=1S/C14H10N2O5/c17-9-5-4-8-12(10(9)14(20)21)16-7-3-1-2-6(13(18)19)11(7)15-8/h1-5,10,15-16H,(H,18,19)(H,20,21). The number of carboxylic acids is 2. The van der Waals surface area contributed by atoms with Crippen LogP contribution in [0.1, 0.15) is 10.4 Å². The molecule has 106 valence electrons. The van der Waals surface area contributed by atoms with E-state index in [0.717, 1.165) is 0 Å². The zero-order valence-electron chi connectivity index (χ0n) is 10.6. The minimum atomic E-state index is -1.32. The van der Waals surface area contributed by atoms with Crippen molar-refractivity contribution in [3.63, 3.8) is 0 Å². The lowest BCUT2D eigenvalue weighted by atomic mass is 9.91. The first-order valence-corrected chi connectivity index (χ1v) is 6.08. The van der Waals surface area contributed by atoms with Gasteiger partial charge in [0.25, 0.3) is 0 Å². The number of carboxylic acid groups (broad SMARTS) is 2. The van der Waals surface area contributed by atoms with Gasteiger partial charge in [-0.2, -0.15) is 0 Å². The molecular formula is C14H10N2O5. The van der Waals surface area contributed by atoms with E-state index >= 15 is 0 Å². The SMILES string of the molecule is O=C(O)c1cccc2c1NC1=C(N2)C(C(=O)O)C(=O)C=C1. The van der Waals surface area contributed by atoms with Crippen molar-refractivity contribution in [2.45, 2.75) is 0 Å². The van der Waals surface area contributed by atoms with Gasteiger partial charge in [-0.15, -0.1) is 0 Å². The van der Waals surface area contributed by atoms with Gasteiger partial charge < -0.3 is 20.8 Å². The second-order valence-electron chi connectivity index (χ2n) is 4.62. The largest absolute Gasteiger partial charge is 0.480 e. The van der Waals surface area contributed by atoms with Crippen molar-refractivity contribution in [1.82, 2.24) is 0 Å². The Kier molecular flexibility index (Phi) is 2.76. The fourth-order valence-electron chi connectivity index (χ4n) is 2.39. The summed E-state index contributed by atoms with van der Waals surface area (Å²) in [6.07, 6.45) is 2.60. The molecule has 1 aromatic carbocycles. The van der Waals surface area contributed by atoms with E-state index in [1.165, 1.54) is 18.2 Å². The highest BCUT2D eigenvalue weighted by atomic mass is 16.4. The average molecular weight is 286 g/mol. The maximum atomic E-state index is 11.7. The Bertz CT molecular complexity index is 748. The molecule has 0 radical (unpaired) electrons. The molecule has 4 N–H and O–H groups in total. The molecule has 0 saturated carbocycles. The molecule has 1 atom stereocenters. The van der Waals surface area contributed by atoms with E-state index in [2.05, 4.69) is 10.6 Å². The van der Waals surface area contributed by atoms with E-state index in [4.69, 9.17) is 5.11 Å². The number of para-hydroxylation sites is 1. The Morgan fingerprint density at radius 2 is 1.86 bits per heavy atom. The Balaban J connectivity index is 2.10. The van der Waals surface area contributed by atoms with Gasteiger partial charge >= 0.3 is 11.9 Å². The zero-order chi connectivity index (χ0) is 15.1. The van der Waals surface area contributed by atoms with E-state index in [0.29, 0.717) is 17.1 Å². The molecule has 0 fully saturated rings. The first kappa shape index (κ1) is 12.9. The third-order valence-corrected chi connectivity index (χ3v) is 3.35. The molecule has 1 unspecified atom stereocenters. The highest BCUT2D eigenvalue weighted by Gasteiger charge is 2.36. The zero-order valence-corrected chi connectivity index (χ0v) is 10.6. The lowest BCUT2D eigenvalue weighted by Gasteiger charge is -2.30. The van der Waals surface area contributed by atoms with Crippen molar-refractivity contribution in [2.75, 3.05) is 10.6 Å². The molecule has 7 nitrogen and oxygen atoms in total. The quantitative estimate of drug-likeness (QED) is 0.605. The number of ketones is 1. The number of nitrogens with one attached hydrogen (secondary N) is 2. The van der Waals surface area contributed by atoms with Gasteiger partial charge in [0.2, 0.25) is 0 Å². The molecule has 7 heteroatoms. The van der Waals surface area contributed by atoms with E-state index in [1.54, 1.807) is 12.1 Å². The van der Waals surface area contributed by atoms with Crippen LogP contribution in [-0.4, -0.2) is 27.9 Å². The Labute approximate surface area is 118 Å². The molecule has 1 aliphatic heterocycles. The van der Waals surface area contributed by atoms with Gasteiger partial charge in [0.05, 0.1) is 28.3 Å². The molecule has 1 aliphatic carbocycles. The normalized spacial score (nSPS) is 19.2. The predicted molar refractivity (Wildman–Crippen MR) is 72.9 cm³/mol. The van der Waals surface area contributed by atoms with Crippen LogP contribution < -0.4 is 10.6 Å². The van der Waals surface area contributed by atoms with Gasteiger partial charge in [-0.3, -0.25) is 9.59 Å². The lowest BCUT2D eigenvalue weighted by molar-refractivity contribution is -0.143. The summed E-state index contributed by atoms with van der Waals surface area (Å²) in [4.78, 5) is 34.2. The topological polar surface area (TPSA) is 116 Å². The highest BCUT2D eigenvalue weighted by Crippen LogP contribution is 2.37. The van der Waals surface area contributed by atoms with Crippen molar-refractivity contribution in [2.24, 2.45) is 5.92 Å². The van der Waals surface area contributed by atoms with Gasteiger partial charge in [0.1, 0.15) is 0 Å². The van der Waals surface area contributed by atoms with Crippen molar-refractivity contribution in [3.8, 4) is 0 Å². The summed E-state index contributed by atoms with van der Waals surface area (Å²) in [5.74, 6) is -4.22. The number of benzene rings is 1. The summed E-state index contributed by atoms with van der Waals surface area (Å²) in [5, 5.41) is 24.1. The summed E-state index contributed by atoms with van der Waals surface area (Å²) >= 11 is 0. The van der Waals surface area contributed by atoms with Crippen LogP contribution in [0.4, 0.5) is 11.4 Å². The lowest BCUT2D eigenvalue weighted by Crippen LogP contribution is -2.34. The van der Waals surface area contributed by atoms with Crippen LogP contribution >= 0.6 is 0 Å². The summed E-state index contributed by atoms with van der Waals surface area (Å²) in [5.41, 5.74) is 1.41. The van der Waals surface area contributed by atoms with Crippen LogP contribution in [0.15, 0.2) is 41.7 Å². The second kappa shape index (κ2) is 4.48. The van der Waals surface area contributed by atoms with E-state index in [1.807, 2.05) is 0 Å². The smallest absolute Gasteiger partial charge is 0.337 e. The van der Waals surface area contributed by atoms with Crippen LogP contribution in [0.2, 0.25) is 0 Å². The number of carbonyl (C=O) groups is 3. The van der Waals surface area contributed by atoms with Crippen molar-refractivity contribution < 1.29 is 24.6 Å². The third kappa shape index (κ3) is 1.95. The van der Waals surface area contributed by atoms with Crippen LogP contribution in [0.5, 0.6) is 0 Å². The second-order valence-corrected chi connectivity index (χ2v) is 4.62. The number of aliphatic carboxylic acids is 1. The first-order valence-electron chi connectivity index (χ1n) is 6.08. The van der Waals surface area contributed by atoms with Gasteiger partial charge in [-0.25, -0.2) is 4.79 Å². The van der Waals surface area contributed by atoms with Crippen LogP contribution in [-0.2, 0) is 9.59 Å². The Hall–Kier alpha value is -3.09. The summed E-state index contributed by atoms with van der Waals surface area (Å²) in [7, 11) is 0. The molecule has 21 heavy (non-hydrogen) atoms. The molecule has 0 spiro atoms. The molecule has 2 aliphatic rings. The van der Waals surface area contributed by atoms with Gasteiger partial charge in [-0.1, -0.05) is 6.07 Å². The maximum Gasteiger partial charge on any atom is 0.337 e. The van der Waals surface area contributed by atoms with Crippen molar-refractivity contribution in [1.29, 1.82) is 0 Å². The maximum absolute atomic E-state index is 11.7. The monoisotopic (exact) mass is 286 g/mol. The number of hydrogen-bond donors (Lipinski definition) is 4. The predicted octanol–water partition coefficient (Wildman–Crippen LogP) is 1.27. The number of anilines is 2. The average Bonchev–Trinajstić information content (AvgIpc) is 2.43. The third-order valence-electron chi connectivity index (χ3n) is 3.35. The Morgan fingerprint density at radius 1 is 1.10 bits per heavy atom. The van der Waals surface area contributed by atoms with Crippen LogP contribution in [0, 0.1) is 5.92 Å². The highest BCUT2D eigenvalue weighted by molar-refractivity contribution is 6.10. The molecule has 3 rings (SSSR count). The molecule has 1 heterocycles. The molecule has 0 bridgehead atoms. The van der Waals surface area contributed by atoms with Crippen molar-refractivity contribution in [3.05, 3.63) is 47.3 Å². The van der Waals surface area contributed by atoms with Gasteiger partial charge in [0.15, 0.2) is 11.7 Å². The Morgan fingerprint density at radius 3 is 2.52 bits per heavy atom. The number of carbonyl (C=O) groups excluding carboxylic acids is 1. The fourth-order valence-corrected chi connectivity index (χ4v) is 2.39. The molecule has 1 aromatic rings. The summed E-state index contributed by atoms with van der Waals surface area (Å²) in [6, 6.07) is 4.59. The van der Waals surface area contributed by atoms with Crippen LogP contribution in [0.25, 0.3) is 0 Å². The van der Waals surface area contributed by atoms with Crippen molar-refractivity contribution >= 4 is 29.1 Å². The fraction of sp³-hybridized carbons (Fsp3) is 0.0714. The molecule has 0 aromatic heterocycles. The summed E-state index contributed by atoms with van der Waals surface area (Å²) in [6.45, 7) is 0. The number of hydrogen-bond acceptors (Lipinski definition) is 5. The molecule has 0 amide bonds. The number of allylic oxidation sites excluding steroid dienone is 2. The van der Waals surface area contributed by atoms with E-state index in [-0.39, 0.29) is 11.3 Å². The molecule has 0 saturated heterocycles.